The van der Waals surface area contributed by atoms with Gasteiger partial charge in [-0.05, 0) is 64.6 Å². The molecule has 0 saturated heterocycles. The lowest BCUT2D eigenvalue weighted by molar-refractivity contribution is -0.111. The Bertz CT molecular complexity index is 621. The van der Waals surface area contributed by atoms with Crippen LogP contribution in [0.2, 0.25) is 0 Å². The maximum atomic E-state index is 11.8. The average molecular weight is 379 g/mol. The molecule has 0 fully saturated rings. The first-order valence-electron chi connectivity index (χ1n) is 6.06. The summed E-state index contributed by atoms with van der Waals surface area (Å²) in [6.07, 6.45) is 3.28. The Morgan fingerprint density at radius 1 is 1.20 bits per heavy atom. The molecular formula is C16H14INO2. The quantitative estimate of drug-likeness (QED) is 0.646. The highest BCUT2D eigenvalue weighted by molar-refractivity contribution is 14.1. The molecule has 1 amide bonds. The molecule has 102 valence electrons. The third-order valence-corrected chi connectivity index (χ3v) is 3.31. The van der Waals surface area contributed by atoms with Gasteiger partial charge in [-0.25, -0.2) is 0 Å². The van der Waals surface area contributed by atoms with Gasteiger partial charge in [0.25, 0.3) is 0 Å². The van der Waals surface area contributed by atoms with E-state index in [0.29, 0.717) is 0 Å². The summed E-state index contributed by atoms with van der Waals surface area (Å²) in [5.41, 5.74) is 1.74. The monoisotopic (exact) mass is 379 g/mol. The van der Waals surface area contributed by atoms with Crippen molar-refractivity contribution in [1.82, 2.24) is 0 Å². The van der Waals surface area contributed by atoms with Crippen LogP contribution in [-0.2, 0) is 4.79 Å². The lowest BCUT2D eigenvalue weighted by Crippen LogP contribution is -2.07. The average Bonchev–Trinajstić information content (AvgIpc) is 2.46. The minimum Gasteiger partial charge on any atom is -0.497 e. The number of benzene rings is 2. The van der Waals surface area contributed by atoms with Crippen molar-refractivity contribution in [2.24, 2.45) is 0 Å². The number of halogens is 1. The van der Waals surface area contributed by atoms with Gasteiger partial charge in [0, 0.05) is 15.3 Å². The van der Waals surface area contributed by atoms with Gasteiger partial charge >= 0.3 is 0 Å². The van der Waals surface area contributed by atoms with Gasteiger partial charge in [-0.2, -0.15) is 0 Å². The fraction of sp³-hybridized carbons (Fsp3) is 0.0625. The Kier molecular flexibility index (Phi) is 5.17. The summed E-state index contributed by atoms with van der Waals surface area (Å²) in [6.45, 7) is 0. The van der Waals surface area contributed by atoms with E-state index in [-0.39, 0.29) is 5.91 Å². The molecule has 2 rings (SSSR count). The maximum absolute atomic E-state index is 11.8. The molecule has 0 atom stereocenters. The number of ether oxygens (including phenoxy) is 1. The Morgan fingerprint density at radius 2 is 1.95 bits per heavy atom. The third kappa shape index (κ3) is 4.38. The number of carbonyl (C=O) groups excluding carboxylic acids is 1. The van der Waals surface area contributed by atoms with Crippen LogP contribution < -0.4 is 10.1 Å². The van der Waals surface area contributed by atoms with Gasteiger partial charge < -0.3 is 10.1 Å². The van der Waals surface area contributed by atoms with Crippen LogP contribution in [0.25, 0.3) is 6.08 Å². The van der Waals surface area contributed by atoms with Crippen LogP contribution in [0.1, 0.15) is 5.56 Å². The third-order valence-electron chi connectivity index (χ3n) is 2.64. The van der Waals surface area contributed by atoms with Crippen molar-refractivity contribution in [2.75, 3.05) is 12.4 Å². The number of anilines is 1. The van der Waals surface area contributed by atoms with Crippen molar-refractivity contribution in [1.29, 1.82) is 0 Å². The van der Waals surface area contributed by atoms with Gasteiger partial charge in [0.15, 0.2) is 0 Å². The van der Waals surface area contributed by atoms with E-state index in [1.807, 2.05) is 48.5 Å². The summed E-state index contributed by atoms with van der Waals surface area (Å²) in [4.78, 5) is 11.8. The molecule has 0 aliphatic carbocycles. The van der Waals surface area contributed by atoms with E-state index >= 15 is 0 Å². The van der Waals surface area contributed by atoms with Crippen molar-refractivity contribution in [3.8, 4) is 5.75 Å². The fourth-order valence-corrected chi connectivity index (χ4v) is 2.18. The number of nitrogens with one attached hydrogen (secondary N) is 1. The lowest BCUT2D eigenvalue weighted by Gasteiger charge is -2.02. The second-order valence-electron chi connectivity index (χ2n) is 4.11. The highest BCUT2D eigenvalue weighted by Gasteiger charge is 1.98. The predicted octanol–water partition coefficient (Wildman–Crippen LogP) is 3.95. The first kappa shape index (κ1) is 14.6. The largest absolute Gasteiger partial charge is 0.497 e. The SMILES string of the molecule is COc1ccc(/C=C/C(=O)Nc2cccc(I)c2)cc1. The Hall–Kier alpha value is -1.82. The van der Waals surface area contributed by atoms with Gasteiger partial charge in [0.05, 0.1) is 7.11 Å². The first-order valence-corrected chi connectivity index (χ1v) is 7.14. The molecule has 1 N–H and O–H groups in total. The smallest absolute Gasteiger partial charge is 0.248 e. The van der Waals surface area contributed by atoms with E-state index in [9.17, 15) is 4.79 Å². The molecule has 0 aliphatic heterocycles. The van der Waals surface area contributed by atoms with Crippen molar-refractivity contribution >= 4 is 40.3 Å². The number of amides is 1. The second-order valence-corrected chi connectivity index (χ2v) is 5.35. The summed E-state index contributed by atoms with van der Waals surface area (Å²) >= 11 is 2.21. The second kappa shape index (κ2) is 7.09. The molecule has 4 heteroatoms. The van der Waals surface area contributed by atoms with Gasteiger partial charge in [-0.1, -0.05) is 18.2 Å². The molecule has 0 aliphatic rings. The number of rotatable bonds is 4. The number of methoxy groups -OCH3 is 1. The van der Waals surface area contributed by atoms with E-state index < -0.39 is 0 Å². The number of hydrogen-bond acceptors (Lipinski definition) is 2. The topological polar surface area (TPSA) is 38.3 Å². The highest BCUT2D eigenvalue weighted by Crippen LogP contribution is 2.14. The Morgan fingerprint density at radius 3 is 2.60 bits per heavy atom. The molecule has 2 aromatic carbocycles. The molecule has 0 radical (unpaired) electrons. The minimum atomic E-state index is -0.150. The van der Waals surface area contributed by atoms with Gasteiger partial charge in [-0.3, -0.25) is 4.79 Å². The fourth-order valence-electron chi connectivity index (χ4n) is 1.64. The molecule has 0 unspecified atom stereocenters. The van der Waals surface area contributed by atoms with Crippen LogP contribution in [0.15, 0.2) is 54.6 Å². The standard InChI is InChI=1S/C16H14INO2/c1-20-15-8-5-12(6-9-15)7-10-16(19)18-14-4-2-3-13(17)11-14/h2-11H,1H3,(H,18,19)/b10-7+. The number of hydrogen-bond donors (Lipinski definition) is 1. The highest BCUT2D eigenvalue weighted by atomic mass is 127. The zero-order chi connectivity index (χ0) is 14.4. The van der Waals surface area contributed by atoms with Crippen LogP contribution in [0, 0.1) is 3.57 Å². The normalized spacial score (nSPS) is 10.5. The van der Waals surface area contributed by atoms with Crippen LogP contribution in [-0.4, -0.2) is 13.0 Å². The van der Waals surface area contributed by atoms with E-state index in [1.54, 1.807) is 13.2 Å². The first-order chi connectivity index (χ1) is 9.67. The zero-order valence-corrected chi connectivity index (χ0v) is 13.1. The molecular weight excluding hydrogens is 365 g/mol. The maximum Gasteiger partial charge on any atom is 0.248 e. The Balaban J connectivity index is 1.98. The van der Waals surface area contributed by atoms with Crippen molar-refractivity contribution in [3.05, 3.63) is 63.7 Å². The molecule has 0 heterocycles. The van der Waals surface area contributed by atoms with Crippen LogP contribution in [0.4, 0.5) is 5.69 Å². The lowest BCUT2D eigenvalue weighted by atomic mass is 10.2. The van der Waals surface area contributed by atoms with Crippen molar-refractivity contribution < 1.29 is 9.53 Å². The summed E-state index contributed by atoms with van der Waals surface area (Å²) in [7, 11) is 1.62. The van der Waals surface area contributed by atoms with Crippen LogP contribution in [0.3, 0.4) is 0 Å². The molecule has 0 bridgehead atoms. The van der Waals surface area contributed by atoms with E-state index in [1.165, 1.54) is 6.08 Å². The summed E-state index contributed by atoms with van der Waals surface area (Å²) in [5.74, 6) is 0.647. The molecule has 0 spiro atoms. The molecule has 0 saturated carbocycles. The van der Waals surface area contributed by atoms with Gasteiger partial charge in [-0.15, -0.1) is 0 Å². The molecule has 3 nitrogen and oxygen atoms in total. The van der Waals surface area contributed by atoms with Crippen LogP contribution in [0.5, 0.6) is 5.75 Å². The van der Waals surface area contributed by atoms with E-state index in [0.717, 1.165) is 20.6 Å². The van der Waals surface area contributed by atoms with Gasteiger partial charge in [0.1, 0.15) is 5.75 Å². The van der Waals surface area contributed by atoms with Crippen LogP contribution >= 0.6 is 22.6 Å². The molecule has 0 aromatic heterocycles. The van der Waals surface area contributed by atoms with E-state index in [4.69, 9.17) is 4.74 Å². The zero-order valence-electron chi connectivity index (χ0n) is 11.0. The summed E-state index contributed by atoms with van der Waals surface area (Å²) in [5, 5.41) is 2.82. The number of carbonyl (C=O) groups is 1. The van der Waals surface area contributed by atoms with E-state index in [2.05, 4.69) is 27.9 Å². The Labute approximate surface area is 131 Å². The predicted molar refractivity (Wildman–Crippen MR) is 89.8 cm³/mol. The molecule has 20 heavy (non-hydrogen) atoms. The minimum absolute atomic E-state index is 0.150. The van der Waals surface area contributed by atoms with Crippen molar-refractivity contribution in [2.45, 2.75) is 0 Å². The summed E-state index contributed by atoms with van der Waals surface area (Å²) < 4.78 is 6.16. The molecule has 2 aromatic rings. The van der Waals surface area contributed by atoms with Gasteiger partial charge in [0.2, 0.25) is 5.91 Å². The summed E-state index contributed by atoms with van der Waals surface area (Å²) in [6, 6.07) is 15.2. The van der Waals surface area contributed by atoms with Crippen molar-refractivity contribution in [3.63, 3.8) is 0 Å².